The van der Waals surface area contributed by atoms with E-state index >= 15 is 0 Å². The highest BCUT2D eigenvalue weighted by atomic mass is 16.3. The van der Waals surface area contributed by atoms with Gasteiger partial charge in [0, 0.05) is 5.56 Å². The third-order valence-electron chi connectivity index (χ3n) is 4.64. The monoisotopic (exact) mass is 328 g/mol. The number of aryl methyl sites for hydroxylation is 1. The van der Waals surface area contributed by atoms with Gasteiger partial charge in [0.15, 0.2) is 0 Å². The summed E-state index contributed by atoms with van der Waals surface area (Å²) < 4.78 is 11.9. The van der Waals surface area contributed by atoms with E-state index in [1.807, 2.05) is 12.1 Å². The fourth-order valence-electron chi connectivity index (χ4n) is 3.38. The van der Waals surface area contributed by atoms with Crippen LogP contribution in [0.2, 0.25) is 0 Å². The van der Waals surface area contributed by atoms with E-state index in [9.17, 15) is 9.59 Å². The zero-order chi connectivity index (χ0) is 17.1. The summed E-state index contributed by atoms with van der Waals surface area (Å²) in [6.45, 7) is 1.81. The van der Waals surface area contributed by atoms with E-state index < -0.39 is 0 Å². The predicted octanol–water partition coefficient (Wildman–Crippen LogP) is 4.51. The predicted molar refractivity (Wildman–Crippen MR) is 98.3 cm³/mol. The lowest BCUT2D eigenvalue weighted by Crippen LogP contribution is -2.07. The van der Waals surface area contributed by atoms with Crippen LogP contribution < -0.4 is 10.9 Å². The van der Waals surface area contributed by atoms with E-state index in [1.54, 1.807) is 49.4 Å². The average molecular weight is 328 g/mol. The van der Waals surface area contributed by atoms with Gasteiger partial charge in [-0.25, -0.2) is 0 Å². The molecule has 0 N–H and O–H groups in total. The normalized spacial score (nSPS) is 11.7. The van der Waals surface area contributed by atoms with Gasteiger partial charge in [-0.1, -0.05) is 24.3 Å². The van der Waals surface area contributed by atoms with Gasteiger partial charge in [0.2, 0.25) is 10.9 Å². The molecule has 0 bridgehead atoms. The highest BCUT2D eigenvalue weighted by Gasteiger charge is 2.16. The summed E-state index contributed by atoms with van der Waals surface area (Å²) in [7, 11) is 0. The van der Waals surface area contributed by atoms with Crippen molar-refractivity contribution in [3.05, 3.63) is 80.6 Å². The zero-order valence-corrected chi connectivity index (χ0v) is 13.3. The SMILES string of the molecule is Cc1c2oc3ccccc3c(=O)c2cc2c(=O)c3ccccc3oc12. The van der Waals surface area contributed by atoms with Crippen LogP contribution in [-0.4, -0.2) is 0 Å². The molecular weight excluding hydrogens is 316 g/mol. The molecule has 0 amide bonds. The molecule has 0 saturated carbocycles. The molecule has 0 unspecified atom stereocenters. The molecule has 0 fully saturated rings. The van der Waals surface area contributed by atoms with Crippen molar-refractivity contribution in [1.82, 2.24) is 0 Å². The molecule has 5 aromatic rings. The number of hydrogen-bond acceptors (Lipinski definition) is 4. The number of rotatable bonds is 0. The van der Waals surface area contributed by atoms with Gasteiger partial charge in [-0.2, -0.15) is 0 Å². The second-order valence-corrected chi connectivity index (χ2v) is 6.11. The Kier molecular flexibility index (Phi) is 2.69. The van der Waals surface area contributed by atoms with Crippen molar-refractivity contribution in [1.29, 1.82) is 0 Å². The maximum absolute atomic E-state index is 12.9. The summed E-state index contributed by atoms with van der Waals surface area (Å²) >= 11 is 0. The van der Waals surface area contributed by atoms with E-state index in [1.165, 1.54) is 0 Å². The van der Waals surface area contributed by atoms with Crippen LogP contribution in [0.4, 0.5) is 0 Å². The topological polar surface area (TPSA) is 60.4 Å². The number of benzene rings is 3. The lowest BCUT2D eigenvalue weighted by Gasteiger charge is -2.08. The minimum Gasteiger partial charge on any atom is -0.455 e. The molecule has 0 radical (unpaired) electrons. The van der Waals surface area contributed by atoms with Crippen molar-refractivity contribution in [2.75, 3.05) is 0 Å². The number of fused-ring (bicyclic) bond motifs is 4. The fraction of sp³-hybridized carbons (Fsp3) is 0.0476. The molecule has 0 atom stereocenters. The van der Waals surface area contributed by atoms with Crippen LogP contribution in [0.25, 0.3) is 43.9 Å². The van der Waals surface area contributed by atoms with Crippen LogP contribution in [0.5, 0.6) is 0 Å². The van der Waals surface area contributed by atoms with Gasteiger partial charge in [0.1, 0.15) is 22.3 Å². The van der Waals surface area contributed by atoms with Crippen LogP contribution in [0.15, 0.2) is 73.0 Å². The fourth-order valence-corrected chi connectivity index (χ4v) is 3.38. The molecule has 2 aromatic heterocycles. The molecular formula is C21H12O4. The average Bonchev–Trinajstić information content (AvgIpc) is 2.64. The summed E-state index contributed by atoms with van der Waals surface area (Å²) in [5.41, 5.74) is 2.31. The molecule has 4 nitrogen and oxygen atoms in total. The molecule has 0 saturated heterocycles. The zero-order valence-electron chi connectivity index (χ0n) is 13.3. The Bertz CT molecular complexity index is 1330. The van der Waals surface area contributed by atoms with Gasteiger partial charge in [0.25, 0.3) is 0 Å². The van der Waals surface area contributed by atoms with E-state index in [4.69, 9.17) is 8.83 Å². The molecule has 3 aromatic carbocycles. The minimum atomic E-state index is -0.144. The van der Waals surface area contributed by atoms with Crippen LogP contribution in [0, 0.1) is 6.92 Å². The molecule has 2 heterocycles. The molecule has 0 aliphatic heterocycles. The van der Waals surface area contributed by atoms with Gasteiger partial charge in [-0.15, -0.1) is 0 Å². The van der Waals surface area contributed by atoms with Crippen molar-refractivity contribution < 1.29 is 8.83 Å². The molecule has 5 rings (SSSR count). The van der Waals surface area contributed by atoms with Crippen molar-refractivity contribution in [2.45, 2.75) is 6.92 Å². The van der Waals surface area contributed by atoms with Gasteiger partial charge < -0.3 is 8.83 Å². The standard InChI is InChI=1S/C21H12O4/c1-11-20-14(18(22)12-6-2-4-8-16(12)24-20)10-15-19(23)13-7-3-5-9-17(13)25-21(11)15/h2-10H,1H3. The van der Waals surface area contributed by atoms with Crippen molar-refractivity contribution in [2.24, 2.45) is 0 Å². The van der Waals surface area contributed by atoms with Crippen LogP contribution in [0.1, 0.15) is 5.56 Å². The van der Waals surface area contributed by atoms with E-state index in [-0.39, 0.29) is 10.9 Å². The number of para-hydroxylation sites is 2. The molecule has 120 valence electrons. The summed E-state index contributed by atoms with van der Waals surface area (Å²) in [5, 5.41) is 1.79. The molecule has 4 heteroatoms. The Balaban J connectivity index is 2.10. The first-order valence-electron chi connectivity index (χ1n) is 7.96. The quantitative estimate of drug-likeness (QED) is 0.392. The Morgan fingerprint density at radius 3 is 1.56 bits per heavy atom. The minimum absolute atomic E-state index is 0.144. The van der Waals surface area contributed by atoms with Crippen molar-refractivity contribution in [3.8, 4) is 0 Å². The third kappa shape index (κ3) is 1.82. The Labute approximate surface area is 140 Å². The molecule has 0 aliphatic carbocycles. The second kappa shape index (κ2) is 4.80. The maximum atomic E-state index is 12.9. The van der Waals surface area contributed by atoms with Crippen molar-refractivity contribution >= 4 is 43.9 Å². The first kappa shape index (κ1) is 14.0. The maximum Gasteiger partial charge on any atom is 0.200 e. The van der Waals surface area contributed by atoms with Crippen LogP contribution in [0.3, 0.4) is 0 Å². The third-order valence-corrected chi connectivity index (χ3v) is 4.64. The summed E-state index contributed by atoms with van der Waals surface area (Å²) in [6, 6.07) is 15.8. The highest BCUT2D eigenvalue weighted by Crippen LogP contribution is 2.29. The summed E-state index contributed by atoms with van der Waals surface area (Å²) in [6.07, 6.45) is 0. The van der Waals surface area contributed by atoms with Gasteiger partial charge in [0.05, 0.1) is 21.5 Å². The molecule has 0 aliphatic rings. The second-order valence-electron chi connectivity index (χ2n) is 6.11. The Hall–Kier alpha value is -3.40. The summed E-state index contributed by atoms with van der Waals surface area (Å²) in [4.78, 5) is 25.7. The smallest absolute Gasteiger partial charge is 0.200 e. The van der Waals surface area contributed by atoms with Crippen LogP contribution >= 0.6 is 0 Å². The van der Waals surface area contributed by atoms with Gasteiger partial charge in [-0.3, -0.25) is 9.59 Å². The first-order valence-corrected chi connectivity index (χ1v) is 7.96. The largest absolute Gasteiger partial charge is 0.455 e. The summed E-state index contributed by atoms with van der Waals surface area (Å²) in [5.74, 6) is 0. The van der Waals surface area contributed by atoms with E-state index in [0.29, 0.717) is 49.4 Å². The van der Waals surface area contributed by atoms with Crippen LogP contribution in [-0.2, 0) is 0 Å². The Morgan fingerprint density at radius 2 is 1.08 bits per heavy atom. The first-order chi connectivity index (χ1) is 12.1. The Morgan fingerprint density at radius 1 is 0.640 bits per heavy atom. The lowest BCUT2D eigenvalue weighted by atomic mass is 10.0. The van der Waals surface area contributed by atoms with E-state index in [0.717, 1.165) is 0 Å². The molecule has 0 spiro atoms. The highest BCUT2D eigenvalue weighted by molar-refractivity contribution is 6.02. The van der Waals surface area contributed by atoms with Gasteiger partial charge >= 0.3 is 0 Å². The van der Waals surface area contributed by atoms with Crippen molar-refractivity contribution in [3.63, 3.8) is 0 Å². The van der Waals surface area contributed by atoms with Gasteiger partial charge in [-0.05, 0) is 37.3 Å². The number of hydrogen-bond donors (Lipinski definition) is 0. The lowest BCUT2D eigenvalue weighted by molar-refractivity contribution is 0.641. The molecule has 25 heavy (non-hydrogen) atoms. The van der Waals surface area contributed by atoms with E-state index in [2.05, 4.69) is 0 Å².